The fourth-order valence-corrected chi connectivity index (χ4v) is 2.00. The normalized spacial score (nSPS) is 12.7. The van der Waals surface area contributed by atoms with Gasteiger partial charge in [-0.25, -0.2) is 13.8 Å². The number of hydrogen-bond donors (Lipinski definition) is 1. The van der Waals surface area contributed by atoms with Gasteiger partial charge in [0.2, 0.25) is 0 Å². The maximum atomic E-state index is 13.1. The number of benzene rings is 1. The zero-order chi connectivity index (χ0) is 13.1. The van der Waals surface area contributed by atoms with Gasteiger partial charge in [0.1, 0.15) is 17.5 Å². The summed E-state index contributed by atoms with van der Waals surface area (Å²) in [6, 6.07) is 3.48. The predicted octanol–water partition coefficient (Wildman–Crippen LogP) is 2.20. The summed E-state index contributed by atoms with van der Waals surface area (Å²) < 4.78 is 28.1. The molecular weight excluding hydrogens is 236 g/mol. The number of aryl methyl sites for hydroxylation is 1. The lowest BCUT2D eigenvalue weighted by Crippen LogP contribution is -2.22. The molecule has 1 heterocycles. The first-order chi connectivity index (χ1) is 8.60. The Morgan fingerprint density at radius 1 is 1.28 bits per heavy atom. The molecule has 1 atom stereocenters. The van der Waals surface area contributed by atoms with E-state index < -0.39 is 11.6 Å². The molecule has 1 N–H and O–H groups in total. The van der Waals surface area contributed by atoms with Crippen molar-refractivity contribution in [1.82, 2.24) is 14.9 Å². The van der Waals surface area contributed by atoms with Gasteiger partial charge in [-0.3, -0.25) is 0 Å². The third-order valence-corrected chi connectivity index (χ3v) is 2.88. The van der Waals surface area contributed by atoms with Gasteiger partial charge in [0, 0.05) is 25.5 Å². The standard InChI is InChI=1S/C13H15F2N3/c1-16-12(13-17-3-4-18(13)2)7-9-5-10(14)8-11(15)6-9/h3-6,8,12,16H,7H2,1-2H3. The molecule has 18 heavy (non-hydrogen) atoms. The molecule has 2 rings (SSSR count). The number of nitrogens with zero attached hydrogens (tertiary/aromatic N) is 2. The fraction of sp³-hybridized carbons (Fsp3) is 0.308. The van der Waals surface area contributed by atoms with Crippen molar-refractivity contribution in [2.24, 2.45) is 7.05 Å². The molecule has 0 spiro atoms. The maximum absolute atomic E-state index is 13.1. The summed E-state index contributed by atoms with van der Waals surface area (Å²) in [4.78, 5) is 4.24. The number of likely N-dealkylation sites (N-methyl/N-ethyl adjacent to an activating group) is 1. The van der Waals surface area contributed by atoms with Crippen LogP contribution in [0.4, 0.5) is 8.78 Å². The third kappa shape index (κ3) is 2.73. The van der Waals surface area contributed by atoms with E-state index in [1.54, 1.807) is 13.2 Å². The number of imidazole rings is 1. The van der Waals surface area contributed by atoms with Gasteiger partial charge in [-0.1, -0.05) is 0 Å². The van der Waals surface area contributed by atoms with E-state index in [2.05, 4.69) is 10.3 Å². The summed E-state index contributed by atoms with van der Waals surface area (Å²) in [6.45, 7) is 0. The van der Waals surface area contributed by atoms with E-state index in [1.165, 1.54) is 12.1 Å². The second-order valence-corrected chi connectivity index (χ2v) is 4.22. The molecule has 0 saturated heterocycles. The molecule has 0 aliphatic carbocycles. The first-order valence-electron chi connectivity index (χ1n) is 5.69. The molecule has 5 heteroatoms. The Morgan fingerprint density at radius 2 is 1.94 bits per heavy atom. The lowest BCUT2D eigenvalue weighted by Gasteiger charge is -2.16. The molecule has 1 aromatic heterocycles. The highest BCUT2D eigenvalue weighted by Gasteiger charge is 2.15. The third-order valence-electron chi connectivity index (χ3n) is 2.88. The van der Waals surface area contributed by atoms with E-state index in [4.69, 9.17) is 0 Å². The van der Waals surface area contributed by atoms with Gasteiger partial charge >= 0.3 is 0 Å². The van der Waals surface area contributed by atoms with Crippen molar-refractivity contribution in [3.05, 3.63) is 53.6 Å². The Kier molecular flexibility index (Phi) is 3.72. The average Bonchev–Trinajstić information content (AvgIpc) is 2.71. The monoisotopic (exact) mass is 251 g/mol. The molecular formula is C13H15F2N3. The first-order valence-corrected chi connectivity index (χ1v) is 5.69. The Morgan fingerprint density at radius 3 is 2.44 bits per heavy atom. The minimum Gasteiger partial charge on any atom is -0.337 e. The van der Waals surface area contributed by atoms with Crippen LogP contribution in [0.2, 0.25) is 0 Å². The van der Waals surface area contributed by atoms with Crippen LogP contribution < -0.4 is 5.32 Å². The molecule has 1 aromatic carbocycles. The van der Waals surface area contributed by atoms with Crippen LogP contribution in [0.3, 0.4) is 0 Å². The molecule has 96 valence electrons. The molecule has 0 radical (unpaired) electrons. The summed E-state index contributed by atoms with van der Waals surface area (Å²) in [5.74, 6) is -0.276. The molecule has 1 unspecified atom stereocenters. The highest BCUT2D eigenvalue weighted by Crippen LogP contribution is 2.18. The Labute approximate surface area is 104 Å². The Balaban J connectivity index is 2.23. The average molecular weight is 251 g/mol. The molecule has 0 amide bonds. The van der Waals surface area contributed by atoms with Gasteiger partial charge in [0.25, 0.3) is 0 Å². The van der Waals surface area contributed by atoms with Crippen molar-refractivity contribution >= 4 is 0 Å². The van der Waals surface area contributed by atoms with Crippen LogP contribution in [0.15, 0.2) is 30.6 Å². The van der Waals surface area contributed by atoms with Crippen molar-refractivity contribution in [2.45, 2.75) is 12.5 Å². The SMILES string of the molecule is CNC(Cc1cc(F)cc(F)c1)c1nccn1C. The second kappa shape index (κ2) is 5.27. The number of hydrogen-bond acceptors (Lipinski definition) is 2. The van der Waals surface area contributed by atoms with Gasteiger partial charge in [0.05, 0.1) is 6.04 Å². The van der Waals surface area contributed by atoms with Crippen LogP contribution >= 0.6 is 0 Å². The van der Waals surface area contributed by atoms with Crippen LogP contribution in [-0.4, -0.2) is 16.6 Å². The highest BCUT2D eigenvalue weighted by atomic mass is 19.1. The minimum atomic E-state index is -0.556. The summed E-state index contributed by atoms with van der Waals surface area (Å²) >= 11 is 0. The molecule has 0 saturated carbocycles. The van der Waals surface area contributed by atoms with Crippen LogP contribution in [0.1, 0.15) is 17.4 Å². The number of halogens is 2. The van der Waals surface area contributed by atoms with E-state index in [0.717, 1.165) is 11.9 Å². The quantitative estimate of drug-likeness (QED) is 0.902. The van der Waals surface area contributed by atoms with Gasteiger partial charge < -0.3 is 9.88 Å². The number of rotatable bonds is 4. The van der Waals surface area contributed by atoms with E-state index in [-0.39, 0.29) is 6.04 Å². The van der Waals surface area contributed by atoms with Crippen LogP contribution in [-0.2, 0) is 13.5 Å². The molecule has 3 nitrogen and oxygen atoms in total. The van der Waals surface area contributed by atoms with Crippen molar-refractivity contribution in [2.75, 3.05) is 7.05 Å². The topological polar surface area (TPSA) is 29.9 Å². The van der Waals surface area contributed by atoms with Gasteiger partial charge in [-0.05, 0) is 31.2 Å². The minimum absolute atomic E-state index is 0.0776. The van der Waals surface area contributed by atoms with Crippen molar-refractivity contribution in [1.29, 1.82) is 0 Å². The van der Waals surface area contributed by atoms with Gasteiger partial charge in [-0.15, -0.1) is 0 Å². The summed E-state index contributed by atoms with van der Waals surface area (Å²) in [7, 11) is 3.69. The highest BCUT2D eigenvalue weighted by molar-refractivity contribution is 5.20. The Hall–Kier alpha value is -1.75. The van der Waals surface area contributed by atoms with E-state index in [9.17, 15) is 8.78 Å². The largest absolute Gasteiger partial charge is 0.337 e. The first kappa shape index (κ1) is 12.7. The van der Waals surface area contributed by atoms with E-state index >= 15 is 0 Å². The zero-order valence-corrected chi connectivity index (χ0v) is 10.3. The van der Waals surface area contributed by atoms with E-state index in [0.29, 0.717) is 12.0 Å². The lowest BCUT2D eigenvalue weighted by molar-refractivity contribution is 0.529. The van der Waals surface area contributed by atoms with Crippen molar-refractivity contribution in [3.8, 4) is 0 Å². The molecule has 0 bridgehead atoms. The smallest absolute Gasteiger partial charge is 0.126 e. The summed E-state index contributed by atoms with van der Waals surface area (Å²) in [5, 5.41) is 3.10. The fourth-order valence-electron chi connectivity index (χ4n) is 2.00. The maximum Gasteiger partial charge on any atom is 0.126 e. The Bertz CT molecular complexity index is 517. The zero-order valence-electron chi connectivity index (χ0n) is 10.3. The summed E-state index contributed by atoms with van der Waals surface area (Å²) in [6.07, 6.45) is 4.02. The van der Waals surface area contributed by atoms with E-state index in [1.807, 2.05) is 17.8 Å². The van der Waals surface area contributed by atoms with Crippen LogP contribution in [0.5, 0.6) is 0 Å². The summed E-state index contributed by atoms with van der Waals surface area (Å²) in [5.41, 5.74) is 0.606. The van der Waals surface area contributed by atoms with Crippen molar-refractivity contribution in [3.63, 3.8) is 0 Å². The second-order valence-electron chi connectivity index (χ2n) is 4.22. The van der Waals surface area contributed by atoms with Gasteiger partial charge in [0.15, 0.2) is 0 Å². The number of nitrogens with one attached hydrogen (secondary N) is 1. The molecule has 0 fully saturated rings. The van der Waals surface area contributed by atoms with Crippen molar-refractivity contribution < 1.29 is 8.78 Å². The molecule has 0 aliphatic heterocycles. The predicted molar refractivity (Wildman–Crippen MR) is 65.1 cm³/mol. The molecule has 2 aromatic rings. The van der Waals surface area contributed by atoms with Gasteiger partial charge in [-0.2, -0.15) is 0 Å². The van der Waals surface area contributed by atoms with Crippen LogP contribution in [0.25, 0.3) is 0 Å². The van der Waals surface area contributed by atoms with Crippen LogP contribution in [0, 0.1) is 11.6 Å². The lowest BCUT2D eigenvalue weighted by atomic mass is 10.1. The molecule has 0 aliphatic rings. The number of aromatic nitrogens is 2.